The molecule has 1 heterocycles. The highest BCUT2D eigenvalue weighted by atomic mass is 35.5. The van der Waals surface area contributed by atoms with Gasteiger partial charge in [-0.2, -0.15) is 18.3 Å². The normalized spacial score (nSPS) is 11.7. The Labute approximate surface area is 122 Å². The first kappa shape index (κ1) is 15.3. The van der Waals surface area contributed by atoms with Crippen LogP contribution in [0.4, 0.5) is 18.9 Å². The summed E-state index contributed by atoms with van der Waals surface area (Å²) < 4.78 is 39.2. The van der Waals surface area contributed by atoms with Crippen molar-refractivity contribution >= 4 is 17.3 Å². The van der Waals surface area contributed by atoms with Gasteiger partial charge in [0.2, 0.25) is 10.8 Å². The van der Waals surface area contributed by atoms with Crippen LogP contribution in [0.5, 0.6) is 0 Å². The molecule has 0 fully saturated rings. The number of hydrogen-bond donors (Lipinski definition) is 0. The third-order valence-electron chi connectivity index (χ3n) is 2.71. The summed E-state index contributed by atoms with van der Waals surface area (Å²) in [5, 5.41) is 13.4. The first-order valence-electron chi connectivity index (χ1n) is 5.70. The number of nitrogens with zero attached hydrogens (tertiary/aromatic N) is 3. The molecule has 112 valence electrons. The summed E-state index contributed by atoms with van der Waals surface area (Å²) in [6.45, 7) is 3.49. The van der Waals surface area contributed by atoms with Crippen molar-refractivity contribution < 1.29 is 18.1 Å². The zero-order valence-corrected chi connectivity index (χ0v) is 11.7. The van der Waals surface area contributed by atoms with E-state index >= 15 is 0 Å². The monoisotopic (exact) mass is 319 g/mol. The van der Waals surface area contributed by atoms with E-state index in [-0.39, 0.29) is 5.69 Å². The van der Waals surface area contributed by atoms with Gasteiger partial charge in [0.25, 0.3) is 0 Å². The predicted molar refractivity (Wildman–Crippen MR) is 69.7 cm³/mol. The molecular formula is C12H9ClF3N3O2. The summed E-state index contributed by atoms with van der Waals surface area (Å²) in [7, 11) is 0. The number of rotatable bonds is 2. The van der Waals surface area contributed by atoms with Crippen molar-refractivity contribution in [1.29, 1.82) is 0 Å². The van der Waals surface area contributed by atoms with E-state index in [4.69, 9.17) is 11.6 Å². The lowest BCUT2D eigenvalue weighted by atomic mass is 10.1. The molecule has 0 bridgehead atoms. The van der Waals surface area contributed by atoms with Crippen LogP contribution in [-0.4, -0.2) is 14.7 Å². The molecule has 0 aliphatic rings. The van der Waals surface area contributed by atoms with Crippen molar-refractivity contribution in [2.45, 2.75) is 20.0 Å². The molecule has 1 aromatic carbocycles. The third-order valence-corrected chi connectivity index (χ3v) is 3.05. The Bertz CT molecular complexity index is 705. The number of benzene rings is 1. The zero-order valence-electron chi connectivity index (χ0n) is 10.9. The van der Waals surface area contributed by atoms with Crippen molar-refractivity contribution in [3.63, 3.8) is 0 Å². The highest BCUT2D eigenvalue weighted by molar-refractivity contribution is 6.32. The predicted octanol–water partition coefficient (Wildman–Crippen LogP) is 4.07. The Kier molecular flexibility index (Phi) is 3.66. The number of alkyl halides is 3. The minimum absolute atomic E-state index is 0.233. The van der Waals surface area contributed by atoms with Gasteiger partial charge in [-0.05, 0) is 37.1 Å². The smallest absolute Gasteiger partial charge is 0.258 e. The molecule has 21 heavy (non-hydrogen) atoms. The van der Waals surface area contributed by atoms with E-state index in [0.29, 0.717) is 0 Å². The summed E-state index contributed by atoms with van der Waals surface area (Å²) in [4.78, 5) is 9.65. The molecular weight excluding hydrogens is 311 g/mol. The van der Waals surface area contributed by atoms with Crippen molar-refractivity contribution in [3.8, 4) is 5.69 Å². The van der Waals surface area contributed by atoms with Gasteiger partial charge < -0.3 is 0 Å². The van der Waals surface area contributed by atoms with Crippen LogP contribution in [0.25, 0.3) is 5.69 Å². The average molecular weight is 320 g/mol. The number of aromatic nitrogens is 2. The highest BCUT2D eigenvalue weighted by Gasteiger charge is 2.45. The Morgan fingerprint density at radius 1 is 1.24 bits per heavy atom. The molecule has 2 aromatic rings. The summed E-state index contributed by atoms with van der Waals surface area (Å²) in [6, 6.07) is 4.88. The van der Waals surface area contributed by atoms with Crippen LogP contribution < -0.4 is 0 Å². The third kappa shape index (κ3) is 2.85. The van der Waals surface area contributed by atoms with Crippen molar-refractivity contribution in [3.05, 3.63) is 50.3 Å². The molecule has 0 amide bonds. The molecule has 5 nitrogen and oxygen atoms in total. The SMILES string of the molecule is Cc1cc(C)cc(-n2nc(C(F)(F)F)c([N+](=O)[O-])c2Cl)c1. The minimum atomic E-state index is -4.96. The van der Waals surface area contributed by atoms with Gasteiger partial charge in [-0.3, -0.25) is 10.1 Å². The fourth-order valence-corrected chi connectivity index (χ4v) is 2.28. The van der Waals surface area contributed by atoms with Crippen molar-refractivity contribution in [2.24, 2.45) is 0 Å². The maximum absolute atomic E-state index is 12.8. The molecule has 0 aliphatic heterocycles. The number of aryl methyl sites for hydroxylation is 2. The van der Waals surface area contributed by atoms with E-state index in [2.05, 4.69) is 5.10 Å². The van der Waals surface area contributed by atoms with Gasteiger partial charge in [0, 0.05) is 0 Å². The molecule has 0 radical (unpaired) electrons. The Morgan fingerprint density at radius 2 is 1.76 bits per heavy atom. The van der Waals surface area contributed by atoms with Crippen LogP contribution in [0.15, 0.2) is 18.2 Å². The van der Waals surface area contributed by atoms with Crippen molar-refractivity contribution in [1.82, 2.24) is 9.78 Å². The van der Waals surface area contributed by atoms with Gasteiger partial charge in [-0.15, -0.1) is 0 Å². The van der Waals surface area contributed by atoms with Crippen LogP contribution >= 0.6 is 11.6 Å². The largest absolute Gasteiger partial charge is 0.442 e. The van der Waals surface area contributed by atoms with Gasteiger partial charge in [0.1, 0.15) is 0 Å². The number of nitro groups is 1. The average Bonchev–Trinajstić information content (AvgIpc) is 2.65. The van der Waals surface area contributed by atoms with E-state index in [0.717, 1.165) is 15.8 Å². The van der Waals surface area contributed by atoms with Gasteiger partial charge in [0.15, 0.2) is 0 Å². The highest BCUT2D eigenvalue weighted by Crippen LogP contribution is 2.40. The van der Waals surface area contributed by atoms with Crippen LogP contribution in [0.2, 0.25) is 5.15 Å². The first-order chi connectivity index (χ1) is 9.61. The standard InChI is InChI=1S/C12H9ClF3N3O2/c1-6-3-7(2)5-8(4-6)18-11(13)9(19(20)21)10(17-18)12(14,15)16/h3-5H,1-2H3. The van der Waals surface area contributed by atoms with E-state index in [1.807, 2.05) is 0 Å². The maximum atomic E-state index is 12.8. The van der Waals surface area contributed by atoms with E-state index in [1.54, 1.807) is 19.9 Å². The molecule has 2 rings (SSSR count). The second-order valence-corrected chi connectivity index (χ2v) is 4.86. The van der Waals surface area contributed by atoms with Crippen LogP contribution in [0.1, 0.15) is 16.8 Å². The molecule has 0 saturated heterocycles. The Morgan fingerprint density at radius 3 is 2.14 bits per heavy atom. The number of halogens is 4. The maximum Gasteiger partial charge on any atom is 0.442 e. The molecule has 1 aromatic heterocycles. The molecule has 9 heteroatoms. The Hall–Kier alpha value is -2.09. The molecule has 0 spiro atoms. The molecule has 0 atom stereocenters. The van der Waals surface area contributed by atoms with E-state index in [9.17, 15) is 23.3 Å². The quantitative estimate of drug-likeness (QED) is 0.619. The topological polar surface area (TPSA) is 61.0 Å². The van der Waals surface area contributed by atoms with Gasteiger partial charge in [-0.1, -0.05) is 17.7 Å². The lowest BCUT2D eigenvalue weighted by Gasteiger charge is -2.05. The van der Waals surface area contributed by atoms with Crippen molar-refractivity contribution in [2.75, 3.05) is 0 Å². The van der Waals surface area contributed by atoms with Gasteiger partial charge in [-0.25, -0.2) is 4.68 Å². The fourth-order valence-electron chi connectivity index (χ4n) is 1.99. The van der Waals surface area contributed by atoms with Crippen LogP contribution in [-0.2, 0) is 6.18 Å². The fraction of sp³-hybridized carbons (Fsp3) is 0.250. The summed E-state index contributed by atoms with van der Waals surface area (Å²) in [5.41, 5.74) is -1.09. The second-order valence-electron chi connectivity index (χ2n) is 4.50. The van der Waals surface area contributed by atoms with Gasteiger partial charge >= 0.3 is 11.9 Å². The summed E-state index contributed by atoms with van der Waals surface area (Å²) >= 11 is 5.73. The summed E-state index contributed by atoms with van der Waals surface area (Å²) in [6.07, 6.45) is -4.96. The van der Waals surface area contributed by atoms with Gasteiger partial charge in [0.05, 0.1) is 10.6 Å². The van der Waals surface area contributed by atoms with Crippen LogP contribution in [0.3, 0.4) is 0 Å². The first-order valence-corrected chi connectivity index (χ1v) is 6.08. The summed E-state index contributed by atoms with van der Waals surface area (Å²) in [5.74, 6) is 0. The molecule has 0 saturated carbocycles. The van der Waals surface area contributed by atoms with E-state index in [1.165, 1.54) is 12.1 Å². The molecule has 0 aliphatic carbocycles. The lowest BCUT2D eigenvalue weighted by molar-refractivity contribution is -0.388. The zero-order chi connectivity index (χ0) is 15.9. The lowest BCUT2D eigenvalue weighted by Crippen LogP contribution is -2.09. The van der Waals surface area contributed by atoms with Crippen LogP contribution in [0, 0.1) is 24.0 Å². The number of hydrogen-bond acceptors (Lipinski definition) is 3. The molecule has 0 N–H and O–H groups in total. The Balaban J connectivity index is 2.74. The molecule has 0 unspecified atom stereocenters. The minimum Gasteiger partial charge on any atom is -0.258 e. The second kappa shape index (κ2) is 5.03. The van der Waals surface area contributed by atoms with E-state index < -0.39 is 27.6 Å².